The third-order valence-corrected chi connectivity index (χ3v) is 2.68. The zero-order chi connectivity index (χ0) is 9.19. The first-order valence-electron chi connectivity index (χ1n) is 4.01. The molecule has 0 heterocycles. The van der Waals surface area contributed by atoms with Gasteiger partial charge in [-0.15, -0.1) is 0 Å². The van der Waals surface area contributed by atoms with Crippen molar-refractivity contribution in [1.29, 1.82) is 0 Å². The van der Waals surface area contributed by atoms with E-state index in [0.717, 1.165) is 25.5 Å². The van der Waals surface area contributed by atoms with Gasteiger partial charge in [-0.25, -0.2) is 0 Å². The molecule has 0 amide bonds. The zero-order valence-corrected chi connectivity index (χ0v) is 7.88. The Labute approximate surface area is 72.7 Å². The van der Waals surface area contributed by atoms with E-state index in [4.69, 9.17) is 0 Å². The molecule has 0 aliphatic heterocycles. The van der Waals surface area contributed by atoms with Crippen molar-refractivity contribution >= 4 is 10.1 Å². The van der Waals surface area contributed by atoms with E-state index in [1.807, 2.05) is 0 Å². The minimum absolute atomic E-state index is 0.000255. The number of aliphatic hydroxyl groups excluding tert-OH is 1. The van der Waals surface area contributed by atoms with E-state index in [0.29, 0.717) is 0 Å². The highest BCUT2D eigenvalue weighted by atomic mass is 32.2. The lowest BCUT2D eigenvalue weighted by molar-refractivity contribution is 0.101. The van der Waals surface area contributed by atoms with Crippen LogP contribution in [-0.4, -0.2) is 32.5 Å². The van der Waals surface area contributed by atoms with Crippen LogP contribution in [0.3, 0.4) is 0 Å². The molecular formula is C7H14O4S. The highest BCUT2D eigenvalue weighted by molar-refractivity contribution is 7.85. The standard InChI is InChI=1S/C7H14O4S/c1-12(9,10)11-5-6-3-2-4-7(6)8/h6-8H,2-5H2,1H3. The maximum absolute atomic E-state index is 10.6. The van der Waals surface area contributed by atoms with Crippen LogP contribution in [0.15, 0.2) is 0 Å². The average molecular weight is 194 g/mol. The Morgan fingerprint density at radius 3 is 2.58 bits per heavy atom. The molecule has 72 valence electrons. The lowest BCUT2D eigenvalue weighted by Gasteiger charge is -2.12. The van der Waals surface area contributed by atoms with Gasteiger partial charge in [0.1, 0.15) is 0 Å². The molecule has 5 heteroatoms. The van der Waals surface area contributed by atoms with Crippen molar-refractivity contribution in [3.63, 3.8) is 0 Å². The van der Waals surface area contributed by atoms with E-state index in [2.05, 4.69) is 4.18 Å². The Kier molecular flexibility index (Phi) is 3.09. The van der Waals surface area contributed by atoms with E-state index < -0.39 is 10.1 Å². The molecule has 0 bridgehead atoms. The fourth-order valence-electron chi connectivity index (χ4n) is 1.42. The summed E-state index contributed by atoms with van der Waals surface area (Å²) in [5, 5.41) is 9.31. The van der Waals surface area contributed by atoms with Crippen molar-refractivity contribution in [2.24, 2.45) is 5.92 Å². The van der Waals surface area contributed by atoms with Crippen LogP contribution in [0.5, 0.6) is 0 Å². The van der Waals surface area contributed by atoms with Gasteiger partial charge in [0.15, 0.2) is 0 Å². The largest absolute Gasteiger partial charge is 0.393 e. The Bertz CT molecular complexity index is 234. The molecule has 1 fully saturated rings. The van der Waals surface area contributed by atoms with Gasteiger partial charge in [0.05, 0.1) is 19.0 Å². The summed E-state index contributed by atoms with van der Waals surface area (Å²) in [4.78, 5) is 0. The SMILES string of the molecule is CS(=O)(=O)OCC1CCCC1O. The van der Waals surface area contributed by atoms with Gasteiger partial charge in [0, 0.05) is 5.92 Å². The van der Waals surface area contributed by atoms with Crippen LogP contribution in [0.2, 0.25) is 0 Å². The predicted octanol–water partition coefficient (Wildman–Crippen LogP) is 0.124. The minimum Gasteiger partial charge on any atom is -0.393 e. The summed E-state index contributed by atoms with van der Waals surface area (Å²) >= 11 is 0. The van der Waals surface area contributed by atoms with Crippen molar-refractivity contribution in [3.8, 4) is 0 Å². The molecule has 0 saturated heterocycles. The summed E-state index contributed by atoms with van der Waals surface area (Å²) < 4.78 is 25.8. The number of hydrogen-bond donors (Lipinski definition) is 1. The number of rotatable bonds is 3. The van der Waals surface area contributed by atoms with Crippen molar-refractivity contribution in [2.75, 3.05) is 12.9 Å². The summed E-state index contributed by atoms with van der Waals surface area (Å²) in [6.45, 7) is 0.125. The fourth-order valence-corrected chi connectivity index (χ4v) is 1.84. The van der Waals surface area contributed by atoms with Crippen LogP contribution in [0.25, 0.3) is 0 Å². The average Bonchev–Trinajstić information content (AvgIpc) is 2.29. The molecular weight excluding hydrogens is 180 g/mol. The van der Waals surface area contributed by atoms with Crippen LogP contribution in [0, 0.1) is 5.92 Å². The molecule has 0 radical (unpaired) electrons. The topological polar surface area (TPSA) is 63.6 Å². The minimum atomic E-state index is -3.35. The second kappa shape index (κ2) is 3.72. The Hall–Kier alpha value is -0.130. The van der Waals surface area contributed by atoms with Gasteiger partial charge < -0.3 is 5.11 Å². The Morgan fingerprint density at radius 1 is 1.50 bits per heavy atom. The molecule has 1 N–H and O–H groups in total. The lowest BCUT2D eigenvalue weighted by Crippen LogP contribution is -2.20. The molecule has 0 aromatic rings. The second-order valence-electron chi connectivity index (χ2n) is 3.25. The van der Waals surface area contributed by atoms with E-state index in [1.165, 1.54) is 0 Å². The predicted molar refractivity (Wildman–Crippen MR) is 44.1 cm³/mol. The molecule has 0 aromatic carbocycles. The molecule has 12 heavy (non-hydrogen) atoms. The van der Waals surface area contributed by atoms with Gasteiger partial charge >= 0.3 is 0 Å². The third-order valence-electron chi connectivity index (χ3n) is 2.12. The van der Waals surface area contributed by atoms with Crippen LogP contribution in [0.4, 0.5) is 0 Å². The van der Waals surface area contributed by atoms with Gasteiger partial charge in [-0.3, -0.25) is 4.18 Å². The molecule has 1 saturated carbocycles. The van der Waals surface area contributed by atoms with Crippen molar-refractivity contribution < 1.29 is 17.7 Å². The summed E-state index contributed by atoms with van der Waals surface area (Å²) in [5.74, 6) is -0.000255. The van der Waals surface area contributed by atoms with Gasteiger partial charge in [0.2, 0.25) is 0 Å². The van der Waals surface area contributed by atoms with E-state index in [-0.39, 0.29) is 18.6 Å². The fraction of sp³-hybridized carbons (Fsp3) is 1.00. The van der Waals surface area contributed by atoms with Crippen molar-refractivity contribution in [2.45, 2.75) is 25.4 Å². The van der Waals surface area contributed by atoms with Crippen molar-refractivity contribution in [1.82, 2.24) is 0 Å². The molecule has 2 unspecified atom stereocenters. The zero-order valence-electron chi connectivity index (χ0n) is 7.06. The van der Waals surface area contributed by atoms with E-state index in [9.17, 15) is 13.5 Å². The molecule has 1 aliphatic rings. The van der Waals surface area contributed by atoms with Crippen LogP contribution in [-0.2, 0) is 14.3 Å². The lowest BCUT2D eigenvalue weighted by atomic mass is 10.1. The summed E-state index contributed by atoms with van der Waals surface area (Å²) in [6, 6.07) is 0. The summed E-state index contributed by atoms with van der Waals surface area (Å²) in [6.07, 6.45) is 3.22. The van der Waals surface area contributed by atoms with E-state index >= 15 is 0 Å². The summed E-state index contributed by atoms with van der Waals surface area (Å²) in [5.41, 5.74) is 0. The first kappa shape index (κ1) is 9.95. The first-order valence-corrected chi connectivity index (χ1v) is 5.83. The maximum atomic E-state index is 10.6. The second-order valence-corrected chi connectivity index (χ2v) is 4.89. The van der Waals surface area contributed by atoms with Gasteiger partial charge in [0.25, 0.3) is 10.1 Å². The van der Waals surface area contributed by atoms with Gasteiger partial charge in [-0.05, 0) is 12.8 Å². The number of aliphatic hydroxyl groups is 1. The molecule has 0 spiro atoms. The first-order chi connectivity index (χ1) is 5.49. The van der Waals surface area contributed by atoms with E-state index in [1.54, 1.807) is 0 Å². The Morgan fingerprint density at radius 2 is 2.17 bits per heavy atom. The van der Waals surface area contributed by atoms with Crippen LogP contribution in [0.1, 0.15) is 19.3 Å². The molecule has 4 nitrogen and oxygen atoms in total. The molecule has 0 aromatic heterocycles. The highest BCUT2D eigenvalue weighted by Crippen LogP contribution is 2.25. The maximum Gasteiger partial charge on any atom is 0.264 e. The van der Waals surface area contributed by atoms with Gasteiger partial charge in [-0.2, -0.15) is 8.42 Å². The van der Waals surface area contributed by atoms with Crippen LogP contribution < -0.4 is 0 Å². The quantitative estimate of drug-likeness (QED) is 0.648. The van der Waals surface area contributed by atoms with Crippen LogP contribution >= 0.6 is 0 Å². The molecule has 1 aliphatic carbocycles. The highest BCUT2D eigenvalue weighted by Gasteiger charge is 2.26. The monoisotopic (exact) mass is 194 g/mol. The third kappa shape index (κ3) is 3.08. The summed E-state index contributed by atoms with van der Waals surface area (Å²) in [7, 11) is -3.35. The normalized spacial score (nSPS) is 30.8. The molecule has 1 rings (SSSR count). The molecule has 2 atom stereocenters. The Balaban J connectivity index is 2.32. The van der Waals surface area contributed by atoms with Gasteiger partial charge in [-0.1, -0.05) is 6.42 Å². The smallest absolute Gasteiger partial charge is 0.264 e. The number of hydrogen-bond acceptors (Lipinski definition) is 4. The van der Waals surface area contributed by atoms with Crippen molar-refractivity contribution in [3.05, 3.63) is 0 Å².